The van der Waals surface area contributed by atoms with Crippen LogP contribution in [0.4, 0.5) is 0 Å². The molecule has 0 bridgehead atoms. The van der Waals surface area contributed by atoms with Crippen LogP contribution in [0.25, 0.3) is 0 Å². The SMILES string of the molecule is COC(=O)C(O)c1cc2c(c(Br)c1O)OCO2. The van der Waals surface area contributed by atoms with Gasteiger partial charge >= 0.3 is 5.97 Å². The van der Waals surface area contributed by atoms with Crippen molar-refractivity contribution in [2.75, 3.05) is 13.9 Å². The number of fused-ring (bicyclic) bond motifs is 1. The first-order valence-corrected chi connectivity index (χ1v) is 5.42. The minimum absolute atomic E-state index is 0.00650. The number of aromatic hydroxyl groups is 1. The molecular weight excluding hydrogens is 296 g/mol. The first-order valence-electron chi connectivity index (χ1n) is 4.63. The van der Waals surface area contributed by atoms with Crippen molar-refractivity contribution < 1.29 is 29.2 Å². The maximum absolute atomic E-state index is 11.2. The monoisotopic (exact) mass is 304 g/mol. The molecule has 0 amide bonds. The summed E-state index contributed by atoms with van der Waals surface area (Å²) in [5, 5.41) is 19.5. The number of carbonyl (C=O) groups excluding carboxylic acids is 1. The molecule has 0 saturated carbocycles. The number of hydrogen-bond acceptors (Lipinski definition) is 6. The van der Waals surface area contributed by atoms with Crippen molar-refractivity contribution in [3.63, 3.8) is 0 Å². The van der Waals surface area contributed by atoms with Gasteiger partial charge in [-0.3, -0.25) is 0 Å². The van der Waals surface area contributed by atoms with Crippen molar-refractivity contribution in [2.24, 2.45) is 0 Å². The molecule has 17 heavy (non-hydrogen) atoms. The Bertz CT molecular complexity index is 472. The molecule has 1 aromatic rings. The van der Waals surface area contributed by atoms with Crippen LogP contribution in [0.2, 0.25) is 0 Å². The van der Waals surface area contributed by atoms with Gasteiger partial charge < -0.3 is 24.4 Å². The molecule has 1 heterocycles. The van der Waals surface area contributed by atoms with Crippen LogP contribution in [0.1, 0.15) is 11.7 Å². The van der Waals surface area contributed by atoms with Crippen molar-refractivity contribution in [1.29, 1.82) is 0 Å². The molecule has 0 saturated heterocycles. The summed E-state index contributed by atoms with van der Waals surface area (Å²) in [6.07, 6.45) is -1.58. The predicted molar refractivity (Wildman–Crippen MR) is 58.9 cm³/mol. The van der Waals surface area contributed by atoms with Gasteiger partial charge in [0.05, 0.1) is 7.11 Å². The highest BCUT2D eigenvalue weighted by atomic mass is 79.9. The van der Waals surface area contributed by atoms with E-state index in [4.69, 9.17) is 9.47 Å². The molecule has 1 aliphatic heterocycles. The van der Waals surface area contributed by atoms with Crippen molar-refractivity contribution >= 4 is 21.9 Å². The number of aliphatic hydroxyl groups is 1. The van der Waals surface area contributed by atoms with Crippen LogP contribution < -0.4 is 9.47 Å². The number of phenols is 1. The third-order valence-corrected chi connectivity index (χ3v) is 3.06. The number of esters is 1. The molecule has 0 radical (unpaired) electrons. The van der Waals surface area contributed by atoms with Gasteiger partial charge in [0, 0.05) is 5.56 Å². The summed E-state index contributed by atoms with van der Waals surface area (Å²) in [6, 6.07) is 1.34. The van der Waals surface area contributed by atoms with E-state index in [9.17, 15) is 15.0 Å². The van der Waals surface area contributed by atoms with E-state index in [2.05, 4.69) is 20.7 Å². The second kappa shape index (κ2) is 4.42. The van der Waals surface area contributed by atoms with Crippen LogP contribution in [0, 0.1) is 0 Å². The van der Waals surface area contributed by atoms with Crippen LogP contribution in [-0.2, 0) is 9.53 Å². The molecule has 2 rings (SSSR count). The van der Waals surface area contributed by atoms with Gasteiger partial charge in [0.15, 0.2) is 17.6 Å². The lowest BCUT2D eigenvalue weighted by Gasteiger charge is -2.12. The highest BCUT2D eigenvalue weighted by Crippen LogP contribution is 2.47. The van der Waals surface area contributed by atoms with Crippen molar-refractivity contribution in [3.05, 3.63) is 16.1 Å². The van der Waals surface area contributed by atoms with Gasteiger partial charge in [-0.2, -0.15) is 0 Å². The summed E-state index contributed by atoms with van der Waals surface area (Å²) < 4.78 is 14.8. The first kappa shape index (κ1) is 12.0. The number of halogens is 1. The molecular formula is C10H9BrO6. The van der Waals surface area contributed by atoms with E-state index < -0.39 is 12.1 Å². The third kappa shape index (κ3) is 1.91. The van der Waals surface area contributed by atoms with Gasteiger partial charge in [0.2, 0.25) is 6.79 Å². The third-order valence-electron chi connectivity index (χ3n) is 2.33. The topological polar surface area (TPSA) is 85.2 Å². The Morgan fingerprint density at radius 3 is 2.94 bits per heavy atom. The van der Waals surface area contributed by atoms with Gasteiger partial charge in [-0.05, 0) is 22.0 Å². The minimum atomic E-state index is -1.58. The summed E-state index contributed by atoms with van der Waals surface area (Å²) in [7, 11) is 1.14. The zero-order chi connectivity index (χ0) is 12.6. The van der Waals surface area contributed by atoms with E-state index in [1.807, 2.05) is 0 Å². The summed E-state index contributed by atoms with van der Waals surface area (Å²) in [4.78, 5) is 11.2. The molecule has 1 atom stereocenters. The minimum Gasteiger partial charge on any atom is -0.506 e. The number of ether oxygens (including phenoxy) is 3. The lowest BCUT2D eigenvalue weighted by atomic mass is 10.1. The molecule has 6 nitrogen and oxygen atoms in total. The Balaban J connectivity index is 2.49. The van der Waals surface area contributed by atoms with E-state index in [-0.39, 0.29) is 22.6 Å². The zero-order valence-electron chi connectivity index (χ0n) is 8.77. The number of methoxy groups -OCH3 is 1. The molecule has 0 spiro atoms. The number of rotatable bonds is 2. The quantitative estimate of drug-likeness (QED) is 0.796. The van der Waals surface area contributed by atoms with Crippen LogP contribution in [0.15, 0.2) is 10.5 Å². The van der Waals surface area contributed by atoms with Gasteiger partial charge in [-0.15, -0.1) is 0 Å². The molecule has 2 N–H and O–H groups in total. The van der Waals surface area contributed by atoms with E-state index in [0.717, 1.165) is 7.11 Å². The summed E-state index contributed by atoms with van der Waals surface area (Å²) in [5.74, 6) is -0.478. The van der Waals surface area contributed by atoms with E-state index in [0.29, 0.717) is 11.5 Å². The fourth-order valence-electron chi connectivity index (χ4n) is 1.46. The maximum Gasteiger partial charge on any atom is 0.339 e. The lowest BCUT2D eigenvalue weighted by Crippen LogP contribution is -2.13. The zero-order valence-corrected chi connectivity index (χ0v) is 10.4. The Labute approximate surface area is 105 Å². The molecule has 7 heteroatoms. The highest BCUT2D eigenvalue weighted by Gasteiger charge is 2.29. The maximum atomic E-state index is 11.2. The number of benzene rings is 1. The van der Waals surface area contributed by atoms with E-state index >= 15 is 0 Å². The fraction of sp³-hybridized carbons (Fsp3) is 0.300. The number of hydrogen-bond donors (Lipinski definition) is 2. The average Bonchev–Trinajstić information content (AvgIpc) is 2.80. The van der Waals surface area contributed by atoms with Crippen molar-refractivity contribution in [3.8, 4) is 17.2 Å². The first-order chi connectivity index (χ1) is 8.06. The van der Waals surface area contributed by atoms with Gasteiger partial charge in [-0.25, -0.2) is 4.79 Å². The van der Waals surface area contributed by atoms with Crippen LogP contribution in [0.5, 0.6) is 17.2 Å². The Kier molecular flexibility index (Phi) is 3.12. The second-order valence-corrected chi connectivity index (χ2v) is 4.08. The normalized spacial score (nSPS) is 14.5. The second-order valence-electron chi connectivity index (χ2n) is 3.29. The summed E-state index contributed by atoms with van der Waals surface area (Å²) >= 11 is 3.10. The Morgan fingerprint density at radius 1 is 1.59 bits per heavy atom. The number of aliphatic hydroxyl groups excluding tert-OH is 1. The fourth-order valence-corrected chi connectivity index (χ4v) is 2.00. The molecule has 0 aliphatic carbocycles. The number of phenolic OH excluding ortho intramolecular Hbond substituents is 1. The molecule has 92 valence electrons. The van der Waals surface area contributed by atoms with Gasteiger partial charge in [0.1, 0.15) is 10.2 Å². The molecule has 0 fully saturated rings. The Hall–Kier alpha value is -1.47. The smallest absolute Gasteiger partial charge is 0.339 e. The van der Waals surface area contributed by atoms with Crippen LogP contribution in [0.3, 0.4) is 0 Å². The standard InChI is InChI=1S/C10H9BrO6/c1-15-10(14)8(13)4-2-5-9(17-3-16-5)6(11)7(4)12/h2,8,12-13H,3H2,1H3. The van der Waals surface area contributed by atoms with E-state index in [1.165, 1.54) is 6.07 Å². The Morgan fingerprint density at radius 2 is 2.29 bits per heavy atom. The van der Waals surface area contributed by atoms with Crippen molar-refractivity contribution in [2.45, 2.75) is 6.10 Å². The molecule has 0 aromatic heterocycles. The van der Waals surface area contributed by atoms with Crippen LogP contribution in [-0.4, -0.2) is 30.1 Å². The van der Waals surface area contributed by atoms with Gasteiger partial charge in [-0.1, -0.05) is 0 Å². The van der Waals surface area contributed by atoms with Crippen LogP contribution >= 0.6 is 15.9 Å². The summed E-state index contributed by atoms with van der Waals surface area (Å²) in [6.45, 7) is 0.0190. The lowest BCUT2D eigenvalue weighted by molar-refractivity contribution is -0.150. The van der Waals surface area contributed by atoms with E-state index in [1.54, 1.807) is 0 Å². The number of carbonyl (C=O) groups is 1. The largest absolute Gasteiger partial charge is 0.506 e. The van der Waals surface area contributed by atoms with Gasteiger partial charge in [0.25, 0.3) is 0 Å². The molecule has 1 aromatic carbocycles. The van der Waals surface area contributed by atoms with Crippen molar-refractivity contribution in [1.82, 2.24) is 0 Å². The predicted octanol–water partition coefficient (Wildman–Crippen LogP) is 1.09. The summed E-state index contributed by atoms with van der Waals surface area (Å²) in [5.41, 5.74) is -0.00650. The molecule has 1 aliphatic rings. The average molecular weight is 305 g/mol. The molecule has 1 unspecified atom stereocenters. The highest BCUT2D eigenvalue weighted by molar-refractivity contribution is 9.10.